The Bertz CT molecular complexity index is 487. The summed E-state index contributed by atoms with van der Waals surface area (Å²) in [4.78, 5) is 6.95. The maximum atomic E-state index is 6.26. The van der Waals surface area contributed by atoms with Crippen molar-refractivity contribution in [2.45, 2.75) is 51.5 Å². The number of benzene rings is 1. The van der Waals surface area contributed by atoms with Crippen LogP contribution in [0.15, 0.2) is 23.2 Å². The van der Waals surface area contributed by atoms with Crippen molar-refractivity contribution in [2.75, 3.05) is 11.4 Å². The Labute approximate surface area is 115 Å². The van der Waals surface area contributed by atoms with Crippen molar-refractivity contribution in [1.82, 2.24) is 0 Å². The van der Waals surface area contributed by atoms with Crippen LogP contribution in [0.4, 0.5) is 5.69 Å². The predicted molar refractivity (Wildman–Crippen MR) is 80.7 cm³/mol. The zero-order valence-electron chi connectivity index (χ0n) is 11.7. The first-order valence-corrected chi connectivity index (χ1v) is 7.44. The molecule has 0 atom stereocenters. The largest absolute Gasteiger partial charge is 0.370 e. The lowest BCUT2D eigenvalue weighted by Crippen LogP contribution is -2.41. The van der Waals surface area contributed by atoms with Crippen molar-refractivity contribution < 1.29 is 0 Å². The van der Waals surface area contributed by atoms with Crippen molar-refractivity contribution in [3.05, 3.63) is 29.3 Å². The Morgan fingerprint density at radius 3 is 2.84 bits per heavy atom. The molecule has 3 heteroatoms. The standard InChI is InChI=1S/C16H23N3/c1-12-8-9-15-13(11-12)5-4-10-19(15)16(17)18-14-6-2-3-7-14/h8-9,11,14H,2-7,10H2,1H3,(H2,17,18). The minimum absolute atomic E-state index is 0.454. The molecule has 2 N–H and O–H groups in total. The summed E-state index contributed by atoms with van der Waals surface area (Å²) in [6.07, 6.45) is 7.33. The summed E-state index contributed by atoms with van der Waals surface area (Å²) in [5.74, 6) is 0.719. The third-order valence-electron chi connectivity index (χ3n) is 4.27. The molecule has 2 aliphatic rings. The van der Waals surface area contributed by atoms with Crippen LogP contribution < -0.4 is 10.6 Å². The molecule has 1 aromatic rings. The van der Waals surface area contributed by atoms with Gasteiger partial charge in [-0.3, -0.25) is 0 Å². The van der Waals surface area contributed by atoms with Gasteiger partial charge in [-0.05, 0) is 44.2 Å². The molecule has 0 spiro atoms. The van der Waals surface area contributed by atoms with Crippen LogP contribution in [0.1, 0.15) is 43.2 Å². The van der Waals surface area contributed by atoms with Gasteiger partial charge >= 0.3 is 0 Å². The Morgan fingerprint density at radius 2 is 2.05 bits per heavy atom. The van der Waals surface area contributed by atoms with E-state index in [2.05, 4.69) is 30.0 Å². The van der Waals surface area contributed by atoms with Crippen LogP contribution in [-0.2, 0) is 6.42 Å². The molecule has 3 nitrogen and oxygen atoms in total. The molecular formula is C16H23N3. The number of guanidine groups is 1. The van der Waals surface area contributed by atoms with Gasteiger partial charge in [0, 0.05) is 12.2 Å². The van der Waals surface area contributed by atoms with E-state index in [1.54, 1.807) is 0 Å². The second kappa shape index (κ2) is 5.24. The van der Waals surface area contributed by atoms with Gasteiger partial charge in [-0.1, -0.05) is 30.5 Å². The van der Waals surface area contributed by atoms with Crippen molar-refractivity contribution in [2.24, 2.45) is 10.7 Å². The number of aryl methyl sites for hydroxylation is 2. The molecule has 19 heavy (non-hydrogen) atoms. The van der Waals surface area contributed by atoms with Crippen molar-refractivity contribution in [3.8, 4) is 0 Å². The zero-order valence-corrected chi connectivity index (χ0v) is 11.7. The summed E-state index contributed by atoms with van der Waals surface area (Å²) < 4.78 is 0. The molecule has 0 saturated heterocycles. The molecule has 1 aromatic carbocycles. The fourth-order valence-corrected chi connectivity index (χ4v) is 3.25. The average molecular weight is 257 g/mol. The smallest absolute Gasteiger partial charge is 0.196 e. The molecule has 1 fully saturated rings. The summed E-state index contributed by atoms with van der Waals surface area (Å²) >= 11 is 0. The Morgan fingerprint density at radius 1 is 1.26 bits per heavy atom. The molecule has 1 heterocycles. The van der Waals surface area contributed by atoms with E-state index in [0.29, 0.717) is 6.04 Å². The quantitative estimate of drug-likeness (QED) is 0.620. The first-order valence-electron chi connectivity index (χ1n) is 7.44. The van der Waals surface area contributed by atoms with Gasteiger partial charge in [0.15, 0.2) is 5.96 Å². The average Bonchev–Trinajstić information content (AvgIpc) is 2.90. The van der Waals surface area contributed by atoms with Crippen LogP contribution in [0.2, 0.25) is 0 Å². The third kappa shape index (κ3) is 2.60. The summed E-state index contributed by atoms with van der Waals surface area (Å²) in [5.41, 5.74) is 10.3. The van der Waals surface area contributed by atoms with E-state index >= 15 is 0 Å². The van der Waals surface area contributed by atoms with Gasteiger partial charge in [-0.15, -0.1) is 0 Å². The van der Waals surface area contributed by atoms with Gasteiger partial charge < -0.3 is 10.6 Å². The molecule has 0 amide bonds. The van der Waals surface area contributed by atoms with E-state index in [1.165, 1.54) is 42.5 Å². The van der Waals surface area contributed by atoms with Crippen LogP contribution in [0.25, 0.3) is 0 Å². The van der Waals surface area contributed by atoms with Crippen LogP contribution >= 0.6 is 0 Å². The zero-order chi connectivity index (χ0) is 13.2. The Kier molecular flexibility index (Phi) is 3.45. The van der Waals surface area contributed by atoms with Gasteiger partial charge in [0.25, 0.3) is 0 Å². The van der Waals surface area contributed by atoms with Gasteiger partial charge in [0.1, 0.15) is 0 Å². The number of nitrogens with zero attached hydrogens (tertiary/aromatic N) is 2. The van der Waals surface area contributed by atoms with E-state index in [1.807, 2.05) is 0 Å². The van der Waals surface area contributed by atoms with Crippen molar-refractivity contribution in [3.63, 3.8) is 0 Å². The first-order chi connectivity index (χ1) is 9.24. The highest BCUT2D eigenvalue weighted by atomic mass is 15.3. The molecule has 1 aliphatic heterocycles. The second-order valence-electron chi connectivity index (χ2n) is 5.81. The molecule has 102 valence electrons. The molecule has 0 bridgehead atoms. The SMILES string of the molecule is Cc1ccc2c(c1)CCCN2C(N)=NC1CCCC1. The fraction of sp³-hybridized carbons (Fsp3) is 0.562. The minimum atomic E-state index is 0.454. The first kappa shape index (κ1) is 12.5. The van der Waals surface area contributed by atoms with Crippen LogP contribution in [-0.4, -0.2) is 18.5 Å². The maximum absolute atomic E-state index is 6.26. The lowest BCUT2D eigenvalue weighted by Gasteiger charge is -2.31. The van der Waals surface area contributed by atoms with E-state index in [-0.39, 0.29) is 0 Å². The van der Waals surface area contributed by atoms with Crippen molar-refractivity contribution in [1.29, 1.82) is 0 Å². The monoisotopic (exact) mass is 257 g/mol. The topological polar surface area (TPSA) is 41.6 Å². The number of nitrogens with two attached hydrogens (primary N) is 1. The number of hydrogen-bond donors (Lipinski definition) is 1. The predicted octanol–water partition coefficient (Wildman–Crippen LogP) is 3.00. The lowest BCUT2D eigenvalue weighted by atomic mass is 10.00. The number of hydrogen-bond acceptors (Lipinski definition) is 1. The molecule has 0 radical (unpaired) electrons. The molecule has 3 rings (SSSR count). The molecule has 0 unspecified atom stereocenters. The van der Waals surface area contributed by atoms with E-state index < -0.39 is 0 Å². The Balaban J connectivity index is 1.86. The number of fused-ring (bicyclic) bond motifs is 1. The normalized spacial score (nSPS) is 20.7. The summed E-state index contributed by atoms with van der Waals surface area (Å²) in [6.45, 7) is 3.15. The number of anilines is 1. The molecule has 1 aliphatic carbocycles. The summed E-state index contributed by atoms with van der Waals surface area (Å²) in [6, 6.07) is 7.10. The van der Waals surface area contributed by atoms with Gasteiger partial charge in [-0.25, -0.2) is 4.99 Å². The van der Waals surface area contributed by atoms with Crippen LogP contribution in [0.5, 0.6) is 0 Å². The number of aliphatic imine (C=N–C) groups is 1. The Hall–Kier alpha value is -1.51. The van der Waals surface area contributed by atoms with Crippen LogP contribution in [0.3, 0.4) is 0 Å². The molecular weight excluding hydrogens is 234 g/mol. The van der Waals surface area contributed by atoms with E-state index in [9.17, 15) is 0 Å². The highest BCUT2D eigenvalue weighted by Gasteiger charge is 2.21. The highest BCUT2D eigenvalue weighted by molar-refractivity contribution is 5.96. The van der Waals surface area contributed by atoms with Gasteiger partial charge in [0.2, 0.25) is 0 Å². The molecule has 1 saturated carbocycles. The van der Waals surface area contributed by atoms with Gasteiger partial charge in [0.05, 0.1) is 6.04 Å². The van der Waals surface area contributed by atoms with Crippen LogP contribution in [0, 0.1) is 6.92 Å². The molecule has 0 aromatic heterocycles. The summed E-state index contributed by atoms with van der Waals surface area (Å²) in [7, 11) is 0. The minimum Gasteiger partial charge on any atom is -0.370 e. The van der Waals surface area contributed by atoms with Gasteiger partial charge in [-0.2, -0.15) is 0 Å². The summed E-state index contributed by atoms with van der Waals surface area (Å²) in [5, 5.41) is 0. The third-order valence-corrected chi connectivity index (χ3v) is 4.27. The number of rotatable bonds is 1. The fourth-order valence-electron chi connectivity index (χ4n) is 3.25. The van der Waals surface area contributed by atoms with E-state index in [4.69, 9.17) is 10.7 Å². The second-order valence-corrected chi connectivity index (χ2v) is 5.81. The highest BCUT2D eigenvalue weighted by Crippen LogP contribution is 2.28. The maximum Gasteiger partial charge on any atom is 0.196 e. The lowest BCUT2D eigenvalue weighted by molar-refractivity contribution is 0.695. The van der Waals surface area contributed by atoms with Crippen molar-refractivity contribution >= 4 is 11.6 Å². The van der Waals surface area contributed by atoms with E-state index in [0.717, 1.165) is 25.3 Å².